The van der Waals surface area contributed by atoms with E-state index in [1.165, 1.54) is 11.3 Å². The monoisotopic (exact) mass is 209 g/mol. The molecule has 0 atom stereocenters. The molecule has 0 amide bonds. The van der Waals surface area contributed by atoms with Crippen molar-refractivity contribution in [2.45, 2.75) is 6.92 Å². The fourth-order valence-electron chi connectivity index (χ4n) is 1.30. The lowest BCUT2D eigenvalue weighted by molar-refractivity contribution is 0.0971. The standard InChI is InChI=1S/C12H19NO2/c1-11-3-5-12(6-4-11)13(2)7-9-15-10-8-14/h3-6,14H,7-10H2,1-2H3. The Balaban J connectivity index is 2.33. The summed E-state index contributed by atoms with van der Waals surface area (Å²) in [6.07, 6.45) is 0. The van der Waals surface area contributed by atoms with Gasteiger partial charge in [0.05, 0.1) is 19.8 Å². The molecule has 0 heterocycles. The van der Waals surface area contributed by atoms with Crippen LogP contribution < -0.4 is 4.90 Å². The van der Waals surface area contributed by atoms with Crippen molar-refractivity contribution in [1.29, 1.82) is 0 Å². The van der Waals surface area contributed by atoms with Crippen molar-refractivity contribution in [3.8, 4) is 0 Å². The molecule has 3 heteroatoms. The van der Waals surface area contributed by atoms with Crippen LogP contribution in [0.4, 0.5) is 5.69 Å². The number of aliphatic hydroxyl groups excluding tert-OH is 1. The smallest absolute Gasteiger partial charge is 0.0698 e. The van der Waals surface area contributed by atoms with Crippen LogP contribution in [0, 0.1) is 6.92 Å². The summed E-state index contributed by atoms with van der Waals surface area (Å²) in [6.45, 7) is 4.07. The minimum absolute atomic E-state index is 0.0915. The molecule has 0 aliphatic rings. The van der Waals surface area contributed by atoms with Gasteiger partial charge in [0, 0.05) is 19.3 Å². The third-order valence-corrected chi connectivity index (χ3v) is 2.28. The zero-order valence-electron chi connectivity index (χ0n) is 9.44. The van der Waals surface area contributed by atoms with Gasteiger partial charge in [0.25, 0.3) is 0 Å². The van der Waals surface area contributed by atoms with Crippen molar-refractivity contribution in [3.05, 3.63) is 29.8 Å². The third-order valence-electron chi connectivity index (χ3n) is 2.28. The van der Waals surface area contributed by atoms with Gasteiger partial charge in [0.2, 0.25) is 0 Å². The number of likely N-dealkylation sites (N-methyl/N-ethyl adjacent to an activating group) is 1. The van der Waals surface area contributed by atoms with Crippen LogP contribution in [0.15, 0.2) is 24.3 Å². The topological polar surface area (TPSA) is 32.7 Å². The SMILES string of the molecule is Cc1ccc(N(C)CCOCCO)cc1. The molecule has 0 bridgehead atoms. The highest BCUT2D eigenvalue weighted by molar-refractivity contribution is 5.46. The van der Waals surface area contributed by atoms with E-state index in [9.17, 15) is 0 Å². The summed E-state index contributed by atoms with van der Waals surface area (Å²) >= 11 is 0. The van der Waals surface area contributed by atoms with E-state index in [-0.39, 0.29) is 6.61 Å². The zero-order valence-corrected chi connectivity index (χ0v) is 9.44. The van der Waals surface area contributed by atoms with Crippen LogP contribution in [0.1, 0.15) is 5.56 Å². The van der Waals surface area contributed by atoms with Gasteiger partial charge in [0.1, 0.15) is 0 Å². The van der Waals surface area contributed by atoms with Crippen LogP contribution in [0.5, 0.6) is 0 Å². The maximum atomic E-state index is 8.54. The van der Waals surface area contributed by atoms with Crippen LogP contribution in [-0.4, -0.2) is 38.5 Å². The molecule has 0 fully saturated rings. The number of ether oxygens (including phenoxy) is 1. The first-order valence-electron chi connectivity index (χ1n) is 5.20. The molecule has 0 unspecified atom stereocenters. The lowest BCUT2D eigenvalue weighted by Crippen LogP contribution is -2.23. The molecule has 0 aromatic heterocycles. The molecule has 0 radical (unpaired) electrons. The van der Waals surface area contributed by atoms with Gasteiger partial charge in [-0.15, -0.1) is 0 Å². The van der Waals surface area contributed by atoms with E-state index in [2.05, 4.69) is 36.1 Å². The van der Waals surface area contributed by atoms with Gasteiger partial charge in [-0.3, -0.25) is 0 Å². The minimum Gasteiger partial charge on any atom is -0.394 e. The first-order valence-corrected chi connectivity index (χ1v) is 5.20. The van der Waals surface area contributed by atoms with Gasteiger partial charge in [0.15, 0.2) is 0 Å². The number of hydrogen-bond donors (Lipinski definition) is 1. The predicted molar refractivity (Wildman–Crippen MR) is 62.4 cm³/mol. The van der Waals surface area contributed by atoms with Crippen molar-refractivity contribution < 1.29 is 9.84 Å². The van der Waals surface area contributed by atoms with Crippen LogP contribution in [0.2, 0.25) is 0 Å². The summed E-state index contributed by atoms with van der Waals surface area (Å²) < 4.78 is 5.21. The number of hydrogen-bond acceptors (Lipinski definition) is 3. The Kier molecular flexibility index (Phi) is 5.15. The number of anilines is 1. The van der Waals surface area contributed by atoms with Crippen LogP contribution in [0.3, 0.4) is 0 Å². The Morgan fingerprint density at radius 2 is 1.87 bits per heavy atom. The second-order valence-electron chi connectivity index (χ2n) is 3.59. The van der Waals surface area contributed by atoms with E-state index in [4.69, 9.17) is 9.84 Å². The fourth-order valence-corrected chi connectivity index (χ4v) is 1.30. The molecule has 84 valence electrons. The highest BCUT2D eigenvalue weighted by atomic mass is 16.5. The largest absolute Gasteiger partial charge is 0.394 e. The lowest BCUT2D eigenvalue weighted by Gasteiger charge is -2.19. The molecule has 0 saturated heterocycles. The van der Waals surface area contributed by atoms with Crippen LogP contribution in [0.25, 0.3) is 0 Å². The highest BCUT2D eigenvalue weighted by Gasteiger charge is 1.99. The van der Waals surface area contributed by atoms with Gasteiger partial charge < -0.3 is 14.7 Å². The van der Waals surface area contributed by atoms with Gasteiger partial charge >= 0.3 is 0 Å². The van der Waals surface area contributed by atoms with E-state index in [0.717, 1.165) is 6.54 Å². The molecule has 0 aliphatic heterocycles. The summed E-state index contributed by atoms with van der Waals surface area (Å²) in [5.41, 5.74) is 2.46. The molecule has 0 saturated carbocycles. The normalized spacial score (nSPS) is 10.3. The van der Waals surface area contributed by atoms with E-state index in [1.54, 1.807) is 0 Å². The van der Waals surface area contributed by atoms with Gasteiger partial charge in [-0.05, 0) is 19.1 Å². The summed E-state index contributed by atoms with van der Waals surface area (Å²) in [5, 5.41) is 8.54. The second kappa shape index (κ2) is 6.43. The summed E-state index contributed by atoms with van der Waals surface area (Å²) in [4.78, 5) is 2.14. The molecule has 3 nitrogen and oxygen atoms in total. The Labute approximate surface area is 91.3 Å². The molecular weight excluding hydrogens is 190 g/mol. The number of nitrogens with zero attached hydrogens (tertiary/aromatic N) is 1. The van der Waals surface area contributed by atoms with Crippen LogP contribution >= 0.6 is 0 Å². The maximum absolute atomic E-state index is 8.54. The van der Waals surface area contributed by atoms with E-state index in [0.29, 0.717) is 13.2 Å². The highest BCUT2D eigenvalue weighted by Crippen LogP contribution is 2.12. The summed E-state index contributed by atoms with van der Waals surface area (Å²) in [5.74, 6) is 0. The van der Waals surface area contributed by atoms with Gasteiger partial charge in [-0.1, -0.05) is 17.7 Å². The molecule has 1 aromatic rings. The average Bonchev–Trinajstić information content (AvgIpc) is 2.25. The maximum Gasteiger partial charge on any atom is 0.0698 e. The van der Waals surface area contributed by atoms with Gasteiger partial charge in [-0.25, -0.2) is 0 Å². The van der Waals surface area contributed by atoms with Crippen molar-refractivity contribution in [2.24, 2.45) is 0 Å². The van der Waals surface area contributed by atoms with Crippen molar-refractivity contribution >= 4 is 5.69 Å². The fraction of sp³-hybridized carbons (Fsp3) is 0.500. The first-order chi connectivity index (χ1) is 7.24. The number of benzene rings is 1. The van der Waals surface area contributed by atoms with E-state index < -0.39 is 0 Å². The number of aliphatic hydroxyl groups is 1. The average molecular weight is 209 g/mol. The Morgan fingerprint density at radius 1 is 1.20 bits per heavy atom. The molecule has 0 aliphatic carbocycles. The third kappa shape index (κ3) is 4.32. The summed E-state index contributed by atoms with van der Waals surface area (Å²) in [6, 6.07) is 8.39. The van der Waals surface area contributed by atoms with Crippen LogP contribution in [-0.2, 0) is 4.74 Å². The second-order valence-corrected chi connectivity index (χ2v) is 3.59. The molecule has 0 spiro atoms. The first kappa shape index (κ1) is 12.0. The molecule has 1 N–H and O–H groups in total. The Hall–Kier alpha value is -1.06. The van der Waals surface area contributed by atoms with Crippen molar-refractivity contribution in [3.63, 3.8) is 0 Å². The van der Waals surface area contributed by atoms with Crippen molar-refractivity contribution in [2.75, 3.05) is 38.3 Å². The molecule has 1 rings (SSSR count). The number of rotatable bonds is 6. The Morgan fingerprint density at radius 3 is 2.47 bits per heavy atom. The quantitative estimate of drug-likeness (QED) is 0.720. The van der Waals surface area contributed by atoms with Gasteiger partial charge in [-0.2, -0.15) is 0 Å². The van der Waals surface area contributed by atoms with E-state index >= 15 is 0 Å². The summed E-state index contributed by atoms with van der Waals surface area (Å²) in [7, 11) is 2.03. The zero-order chi connectivity index (χ0) is 11.1. The van der Waals surface area contributed by atoms with E-state index in [1.807, 2.05) is 7.05 Å². The van der Waals surface area contributed by atoms with Crippen molar-refractivity contribution in [1.82, 2.24) is 0 Å². The number of aryl methyl sites for hydroxylation is 1. The molecular formula is C12H19NO2. The molecule has 1 aromatic carbocycles. The lowest BCUT2D eigenvalue weighted by atomic mass is 10.2. The predicted octanol–water partition coefficient (Wildman–Crippen LogP) is 1.44. The molecule has 15 heavy (non-hydrogen) atoms. The Bertz CT molecular complexity index is 271. The minimum atomic E-state index is 0.0915.